The van der Waals surface area contributed by atoms with Crippen molar-refractivity contribution in [1.82, 2.24) is 0 Å². The predicted molar refractivity (Wildman–Crippen MR) is 94.3 cm³/mol. The average molecular weight is 333 g/mol. The second-order valence-electron chi connectivity index (χ2n) is 7.41. The van der Waals surface area contributed by atoms with E-state index in [1.165, 1.54) is 23.3 Å². The first-order valence-corrected chi connectivity index (χ1v) is 9.33. The lowest BCUT2D eigenvalue weighted by atomic mass is 10.0. The number of quaternary nitrogens is 2. The van der Waals surface area contributed by atoms with E-state index in [-0.39, 0.29) is 5.91 Å². The molecular formula is C19H31N3O2+2. The van der Waals surface area contributed by atoms with Crippen LogP contribution in [0.5, 0.6) is 0 Å². The summed E-state index contributed by atoms with van der Waals surface area (Å²) in [6.45, 7) is 10.0. The summed E-state index contributed by atoms with van der Waals surface area (Å²) >= 11 is 0. The van der Waals surface area contributed by atoms with Crippen molar-refractivity contribution in [2.75, 3.05) is 51.3 Å². The molecule has 0 radical (unpaired) electrons. The van der Waals surface area contributed by atoms with Crippen LogP contribution in [-0.2, 0) is 16.1 Å². The Hall–Kier alpha value is -1.43. The van der Waals surface area contributed by atoms with Gasteiger partial charge in [-0.2, -0.15) is 0 Å². The summed E-state index contributed by atoms with van der Waals surface area (Å²) in [4.78, 5) is 15.2. The summed E-state index contributed by atoms with van der Waals surface area (Å²) in [5.41, 5.74) is 2.23. The number of hydrogen-bond donors (Lipinski definition) is 3. The maximum absolute atomic E-state index is 12.2. The Morgan fingerprint density at radius 1 is 1.17 bits per heavy atom. The quantitative estimate of drug-likeness (QED) is 0.671. The van der Waals surface area contributed by atoms with E-state index in [0.717, 1.165) is 57.5 Å². The zero-order valence-corrected chi connectivity index (χ0v) is 14.8. The first kappa shape index (κ1) is 17.4. The van der Waals surface area contributed by atoms with E-state index in [1.807, 2.05) is 12.1 Å². The first-order valence-electron chi connectivity index (χ1n) is 9.33. The molecule has 0 saturated carbocycles. The monoisotopic (exact) mass is 333 g/mol. The van der Waals surface area contributed by atoms with Crippen LogP contribution >= 0.6 is 0 Å². The van der Waals surface area contributed by atoms with Gasteiger partial charge < -0.3 is 19.9 Å². The molecule has 2 atom stereocenters. The van der Waals surface area contributed by atoms with Crippen molar-refractivity contribution < 1.29 is 19.3 Å². The van der Waals surface area contributed by atoms with Crippen LogP contribution in [0, 0.1) is 5.92 Å². The van der Waals surface area contributed by atoms with Gasteiger partial charge in [-0.25, -0.2) is 0 Å². The number of rotatable bonds is 5. The molecule has 0 bridgehead atoms. The number of ether oxygens (including phenoxy) is 1. The van der Waals surface area contributed by atoms with Gasteiger partial charge in [0.05, 0.1) is 26.3 Å². The largest absolute Gasteiger partial charge is 0.370 e. The summed E-state index contributed by atoms with van der Waals surface area (Å²) in [7, 11) is 0. The van der Waals surface area contributed by atoms with Crippen LogP contribution in [0.4, 0.5) is 5.69 Å². The fraction of sp³-hybridized carbons (Fsp3) is 0.632. The number of likely N-dealkylation sites (tertiary alicyclic amines) is 1. The molecule has 24 heavy (non-hydrogen) atoms. The van der Waals surface area contributed by atoms with Gasteiger partial charge in [0.1, 0.15) is 19.6 Å². The van der Waals surface area contributed by atoms with Gasteiger partial charge >= 0.3 is 0 Å². The van der Waals surface area contributed by atoms with Gasteiger partial charge in [0.25, 0.3) is 5.91 Å². The summed E-state index contributed by atoms with van der Waals surface area (Å²) in [5.74, 6) is 0.870. The minimum atomic E-state index is 0.130. The number of morpholine rings is 1. The second kappa shape index (κ2) is 8.60. The third-order valence-corrected chi connectivity index (χ3v) is 5.17. The van der Waals surface area contributed by atoms with Crippen LogP contribution in [0.2, 0.25) is 0 Å². The van der Waals surface area contributed by atoms with E-state index in [1.54, 1.807) is 4.90 Å². The lowest BCUT2D eigenvalue weighted by molar-refractivity contribution is -0.921. The van der Waals surface area contributed by atoms with Crippen LogP contribution in [0.15, 0.2) is 24.3 Å². The van der Waals surface area contributed by atoms with E-state index in [4.69, 9.17) is 4.74 Å². The minimum Gasteiger partial charge on any atom is -0.370 e. The normalized spacial score (nSPS) is 25.4. The number of amides is 1. The highest BCUT2D eigenvalue weighted by atomic mass is 16.5. The Balaban J connectivity index is 1.45. The SMILES string of the molecule is C[C@@H]1CCC[NH+](CC(=O)Nc2ccc(C[NH+]3CCOCC3)cc2)C1. The number of hydrogen-bond acceptors (Lipinski definition) is 2. The first-order chi connectivity index (χ1) is 11.7. The van der Waals surface area contributed by atoms with E-state index in [0.29, 0.717) is 6.54 Å². The van der Waals surface area contributed by atoms with Gasteiger partial charge in [0, 0.05) is 17.2 Å². The number of carbonyl (C=O) groups is 1. The third-order valence-electron chi connectivity index (χ3n) is 5.17. The maximum atomic E-state index is 12.2. The van der Waals surface area contributed by atoms with Crippen LogP contribution < -0.4 is 15.1 Å². The molecule has 0 aromatic heterocycles. The molecule has 2 saturated heterocycles. The van der Waals surface area contributed by atoms with Crippen molar-refractivity contribution in [2.24, 2.45) is 5.92 Å². The summed E-state index contributed by atoms with van der Waals surface area (Å²) < 4.78 is 5.40. The Bertz CT molecular complexity index is 526. The van der Waals surface area contributed by atoms with Crippen LogP contribution in [0.3, 0.4) is 0 Å². The number of carbonyl (C=O) groups excluding carboxylic acids is 1. The molecule has 3 rings (SSSR count). The summed E-state index contributed by atoms with van der Waals surface area (Å²) in [6.07, 6.45) is 2.54. The van der Waals surface area contributed by atoms with Gasteiger partial charge in [-0.3, -0.25) is 4.79 Å². The Kier molecular flexibility index (Phi) is 6.24. The molecule has 5 heteroatoms. The van der Waals surface area contributed by atoms with Crippen molar-refractivity contribution in [3.8, 4) is 0 Å². The molecule has 0 aliphatic carbocycles. The number of benzene rings is 1. The van der Waals surface area contributed by atoms with Gasteiger partial charge in [-0.15, -0.1) is 0 Å². The van der Waals surface area contributed by atoms with Crippen LogP contribution in [0.1, 0.15) is 25.3 Å². The molecule has 1 aromatic carbocycles. The molecule has 2 heterocycles. The second-order valence-corrected chi connectivity index (χ2v) is 7.41. The molecule has 3 N–H and O–H groups in total. The topological polar surface area (TPSA) is 47.2 Å². The van der Waals surface area contributed by atoms with E-state index in [2.05, 4.69) is 24.4 Å². The summed E-state index contributed by atoms with van der Waals surface area (Å²) in [6, 6.07) is 8.32. The van der Waals surface area contributed by atoms with Gasteiger partial charge in [0.15, 0.2) is 6.54 Å². The van der Waals surface area contributed by atoms with Crippen molar-refractivity contribution in [1.29, 1.82) is 0 Å². The molecule has 2 aliphatic rings. The molecule has 1 aromatic rings. The highest BCUT2D eigenvalue weighted by Crippen LogP contribution is 2.09. The zero-order valence-electron chi connectivity index (χ0n) is 14.8. The average Bonchev–Trinajstić information content (AvgIpc) is 2.57. The minimum absolute atomic E-state index is 0.130. The van der Waals surface area contributed by atoms with E-state index < -0.39 is 0 Å². The van der Waals surface area contributed by atoms with Gasteiger partial charge in [0.2, 0.25) is 0 Å². The number of nitrogens with one attached hydrogen (secondary N) is 3. The molecule has 5 nitrogen and oxygen atoms in total. The van der Waals surface area contributed by atoms with E-state index >= 15 is 0 Å². The molecule has 0 spiro atoms. The highest BCUT2D eigenvalue weighted by Gasteiger charge is 2.22. The standard InChI is InChI=1S/C19H29N3O2/c1-16-3-2-8-22(13-16)15-19(23)20-18-6-4-17(5-7-18)14-21-9-11-24-12-10-21/h4-7,16H,2-3,8-15H2,1H3,(H,20,23)/p+2/t16-/m1/s1. The smallest absolute Gasteiger partial charge is 0.279 e. The van der Waals surface area contributed by atoms with Crippen molar-refractivity contribution >= 4 is 11.6 Å². The lowest BCUT2D eigenvalue weighted by Crippen LogP contribution is -3.14. The number of piperidine rings is 1. The van der Waals surface area contributed by atoms with Gasteiger partial charge in [-0.05, 0) is 25.0 Å². The molecule has 132 valence electrons. The lowest BCUT2D eigenvalue weighted by Gasteiger charge is -2.27. The van der Waals surface area contributed by atoms with Gasteiger partial charge in [-0.1, -0.05) is 19.1 Å². The maximum Gasteiger partial charge on any atom is 0.279 e. The molecule has 2 fully saturated rings. The molecular weight excluding hydrogens is 302 g/mol. The zero-order chi connectivity index (χ0) is 16.8. The summed E-state index contributed by atoms with van der Waals surface area (Å²) in [5, 5.41) is 3.05. The van der Waals surface area contributed by atoms with Crippen molar-refractivity contribution in [3.63, 3.8) is 0 Å². The fourth-order valence-electron chi connectivity index (χ4n) is 3.82. The fourth-order valence-corrected chi connectivity index (χ4v) is 3.82. The third kappa shape index (κ3) is 5.30. The highest BCUT2D eigenvalue weighted by molar-refractivity contribution is 5.91. The van der Waals surface area contributed by atoms with Crippen molar-refractivity contribution in [3.05, 3.63) is 29.8 Å². The van der Waals surface area contributed by atoms with Crippen LogP contribution in [0.25, 0.3) is 0 Å². The molecule has 1 unspecified atom stereocenters. The Morgan fingerprint density at radius 3 is 2.62 bits per heavy atom. The Labute approximate surface area is 145 Å². The molecule has 2 aliphatic heterocycles. The van der Waals surface area contributed by atoms with Crippen molar-refractivity contribution in [2.45, 2.75) is 26.3 Å². The van der Waals surface area contributed by atoms with E-state index in [9.17, 15) is 4.79 Å². The Morgan fingerprint density at radius 2 is 1.92 bits per heavy atom. The molecule has 1 amide bonds. The number of anilines is 1. The van der Waals surface area contributed by atoms with Crippen LogP contribution in [-0.4, -0.2) is 51.8 Å². The predicted octanol–water partition coefficient (Wildman–Crippen LogP) is -0.645.